The van der Waals surface area contributed by atoms with Crippen LogP contribution in [0.2, 0.25) is 0 Å². The van der Waals surface area contributed by atoms with Crippen LogP contribution >= 0.6 is 15.9 Å². The molecule has 0 saturated heterocycles. The van der Waals surface area contributed by atoms with Crippen molar-refractivity contribution >= 4 is 27.6 Å². The zero-order valence-electron chi connectivity index (χ0n) is 11.5. The van der Waals surface area contributed by atoms with Crippen molar-refractivity contribution in [1.29, 1.82) is 0 Å². The lowest BCUT2D eigenvalue weighted by atomic mass is 9.87. The first-order valence-corrected chi connectivity index (χ1v) is 7.81. The number of rotatable bonds is 3. The van der Waals surface area contributed by atoms with E-state index in [1.54, 1.807) is 12.1 Å². The Kier molecular flexibility index (Phi) is 3.97. The van der Waals surface area contributed by atoms with E-state index in [4.69, 9.17) is 5.11 Å². The van der Waals surface area contributed by atoms with Crippen LogP contribution < -0.4 is 5.32 Å². The van der Waals surface area contributed by atoms with Gasteiger partial charge in [0.1, 0.15) is 0 Å². The summed E-state index contributed by atoms with van der Waals surface area (Å²) in [6, 6.07) is 13.9. The fraction of sp³-hybridized carbons (Fsp3) is 0.235. The molecule has 0 aliphatic heterocycles. The van der Waals surface area contributed by atoms with Crippen molar-refractivity contribution in [2.45, 2.75) is 25.3 Å². The molecule has 0 fully saturated rings. The molecule has 3 nitrogen and oxygen atoms in total. The van der Waals surface area contributed by atoms with Crippen LogP contribution in [0.4, 0.5) is 5.69 Å². The van der Waals surface area contributed by atoms with Crippen LogP contribution in [0.3, 0.4) is 0 Å². The number of nitrogens with one attached hydrogen (secondary N) is 1. The highest BCUT2D eigenvalue weighted by atomic mass is 79.9. The number of halogens is 1. The van der Waals surface area contributed by atoms with Gasteiger partial charge in [0.15, 0.2) is 0 Å². The molecule has 0 amide bonds. The molecule has 2 aromatic rings. The van der Waals surface area contributed by atoms with Crippen molar-refractivity contribution in [2.24, 2.45) is 0 Å². The summed E-state index contributed by atoms with van der Waals surface area (Å²) in [5.41, 5.74) is 3.83. The second-order valence-electron chi connectivity index (χ2n) is 5.32. The van der Waals surface area contributed by atoms with Crippen LogP contribution in [0.1, 0.15) is 40.4 Å². The summed E-state index contributed by atoms with van der Waals surface area (Å²) < 4.78 is 0.772. The van der Waals surface area contributed by atoms with Gasteiger partial charge < -0.3 is 10.4 Å². The second-order valence-corrected chi connectivity index (χ2v) is 6.24. The van der Waals surface area contributed by atoms with Gasteiger partial charge >= 0.3 is 5.97 Å². The number of benzene rings is 2. The van der Waals surface area contributed by atoms with Gasteiger partial charge in [0.25, 0.3) is 0 Å². The largest absolute Gasteiger partial charge is 0.478 e. The van der Waals surface area contributed by atoms with E-state index in [0.29, 0.717) is 0 Å². The van der Waals surface area contributed by atoms with E-state index in [0.717, 1.165) is 29.4 Å². The number of aryl methyl sites for hydroxylation is 1. The first-order valence-electron chi connectivity index (χ1n) is 7.02. The Bertz CT molecular complexity index is 684. The minimum Gasteiger partial charge on any atom is -0.478 e. The van der Waals surface area contributed by atoms with Gasteiger partial charge in [0, 0.05) is 10.2 Å². The smallest absolute Gasteiger partial charge is 0.335 e. The second kappa shape index (κ2) is 5.90. The molecule has 1 atom stereocenters. The Morgan fingerprint density at radius 1 is 1.24 bits per heavy atom. The summed E-state index contributed by atoms with van der Waals surface area (Å²) in [7, 11) is 0. The first kappa shape index (κ1) is 14.1. The summed E-state index contributed by atoms with van der Waals surface area (Å²) in [6.45, 7) is 0. The van der Waals surface area contributed by atoms with E-state index in [-0.39, 0.29) is 11.6 Å². The predicted octanol–water partition coefficient (Wildman–Crippen LogP) is 4.64. The Labute approximate surface area is 132 Å². The number of carboxylic acid groups (broad SMARTS) is 1. The molecule has 108 valence electrons. The number of carboxylic acids is 1. The molecule has 2 N–H and O–H groups in total. The van der Waals surface area contributed by atoms with Crippen molar-refractivity contribution in [3.63, 3.8) is 0 Å². The van der Waals surface area contributed by atoms with Gasteiger partial charge in [-0.3, -0.25) is 0 Å². The van der Waals surface area contributed by atoms with Gasteiger partial charge in [0.05, 0.1) is 11.6 Å². The van der Waals surface area contributed by atoms with Gasteiger partial charge in [-0.05, 0) is 48.6 Å². The fourth-order valence-corrected chi connectivity index (χ4v) is 3.39. The van der Waals surface area contributed by atoms with Crippen molar-refractivity contribution < 1.29 is 9.90 Å². The van der Waals surface area contributed by atoms with Crippen molar-refractivity contribution in [2.75, 3.05) is 5.32 Å². The number of hydrogen-bond acceptors (Lipinski definition) is 2. The summed E-state index contributed by atoms with van der Waals surface area (Å²) in [4.78, 5) is 11.1. The van der Waals surface area contributed by atoms with E-state index in [1.807, 2.05) is 6.07 Å². The molecule has 0 bridgehead atoms. The molecule has 21 heavy (non-hydrogen) atoms. The highest BCUT2D eigenvalue weighted by Gasteiger charge is 2.20. The highest BCUT2D eigenvalue weighted by Crippen LogP contribution is 2.33. The lowest BCUT2D eigenvalue weighted by Gasteiger charge is -2.27. The number of anilines is 1. The van der Waals surface area contributed by atoms with Crippen LogP contribution in [-0.4, -0.2) is 11.1 Å². The van der Waals surface area contributed by atoms with E-state index < -0.39 is 5.97 Å². The zero-order chi connectivity index (χ0) is 14.8. The average molecular weight is 346 g/mol. The molecule has 0 spiro atoms. The third kappa shape index (κ3) is 3.10. The molecule has 0 aromatic heterocycles. The minimum absolute atomic E-state index is 0.242. The van der Waals surface area contributed by atoms with Crippen molar-refractivity contribution in [3.8, 4) is 0 Å². The third-order valence-corrected chi connectivity index (χ3v) is 4.31. The molecular weight excluding hydrogens is 330 g/mol. The Balaban J connectivity index is 1.90. The predicted molar refractivity (Wildman–Crippen MR) is 86.8 cm³/mol. The van der Waals surface area contributed by atoms with Crippen molar-refractivity contribution in [3.05, 3.63) is 63.6 Å². The lowest BCUT2D eigenvalue weighted by Crippen LogP contribution is -2.17. The maximum atomic E-state index is 11.1. The number of aromatic carboxylic acids is 1. The van der Waals surface area contributed by atoms with E-state index >= 15 is 0 Å². The standard InChI is InChI=1S/C17H16BrNO2/c18-13-8-12(17(20)21)9-14(10-13)19-16-7-3-5-11-4-1-2-6-15(11)16/h1-2,4,6,8-10,16,19H,3,5,7H2,(H,20,21). The topological polar surface area (TPSA) is 49.3 Å². The SMILES string of the molecule is O=C(O)c1cc(Br)cc(NC2CCCc3ccccc32)c1. The van der Waals surface area contributed by atoms with E-state index in [1.165, 1.54) is 11.1 Å². The molecule has 4 heteroatoms. The average Bonchev–Trinajstić information content (AvgIpc) is 2.47. The van der Waals surface area contributed by atoms with Crippen LogP contribution in [0.5, 0.6) is 0 Å². The zero-order valence-corrected chi connectivity index (χ0v) is 13.1. The van der Waals surface area contributed by atoms with Crippen molar-refractivity contribution in [1.82, 2.24) is 0 Å². The Morgan fingerprint density at radius 3 is 2.86 bits per heavy atom. The molecule has 2 aromatic carbocycles. The van der Waals surface area contributed by atoms with Gasteiger partial charge in [-0.15, -0.1) is 0 Å². The summed E-state index contributed by atoms with van der Waals surface area (Å²) in [5.74, 6) is -0.914. The first-order chi connectivity index (χ1) is 10.1. The van der Waals surface area contributed by atoms with E-state index in [2.05, 4.69) is 45.5 Å². The number of hydrogen-bond donors (Lipinski definition) is 2. The maximum Gasteiger partial charge on any atom is 0.335 e. The van der Waals surface area contributed by atoms with E-state index in [9.17, 15) is 4.79 Å². The Morgan fingerprint density at radius 2 is 2.05 bits per heavy atom. The highest BCUT2D eigenvalue weighted by molar-refractivity contribution is 9.10. The van der Waals surface area contributed by atoms with Crippen LogP contribution in [0.15, 0.2) is 46.9 Å². The van der Waals surface area contributed by atoms with Gasteiger partial charge in [-0.2, -0.15) is 0 Å². The Hall–Kier alpha value is -1.81. The van der Waals surface area contributed by atoms with Gasteiger partial charge in [-0.25, -0.2) is 4.79 Å². The van der Waals surface area contributed by atoms with Gasteiger partial charge in [0.2, 0.25) is 0 Å². The van der Waals surface area contributed by atoms with Crippen LogP contribution in [0.25, 0.3) is 0 Å². The summed E-state index contributed by atoms with van der Waals surface area (Å²) in [5, 5.41) is 12.6. The number of fused-ring (bicyclic) bond motifs is 1. The quantitative estimate of drug-likeness (QED) is 0.851. The molecule has 1 aliphatic rings. The van der Waals surface area contributed by atoms with Crippen LogP contribution in [-0.2, 0) is 6.42 Å². The third-order valence-electron chi connectivity index (χ3n) is 3.86. The molecule has 1 unspecified atom stereocenters. The lowest BCUT2D eigenvalue weighted by molar-refractivity contribution is 0.0697. The fourth-order valence-electron chi connectivity index (χ4n) is 2.90. The summed E-state index contributed by atoms with van der Waals surface area (Å²) >= 11 is 3.37. The van der Waals surface area contributed by atoms with Gasteiger partial charge in [-0.1, -0.05) is 40.2 Å². The molecule has 0 saturated carbocycles. The van der Waals surface area contributed by atoms with Crippen LogP contribution in [0, 0.1) is 0 Å². The molecule has 1 aliphatic carbocycles. The molecule has 0 radical (unpaired) electrons. The minimum atomic E-state index is -0.914. The number of carbonyl (C=O) groups is 1. The molecule has 0 heterocycles. The molecular formula is C17H16BrNO2. The molecule has 3 rings (SSSR count). The maximum absolute atomic E-state index is 11.1. The summed E-state index contributed by atoms with van der Waals surface area (Å²) in [6.07, 6.45) is 3.33. The monoisotopic (exact) mass is 345 g/mol. The normalized spacial score (nSPS) is 17.1.